The molecule has 0 saturated heterocycles. The third-order valence-electron chi connectivity index (χ3n) is 0. The van der Waals surface area contributed by atoms with Gasteiger partial charge in [-0.2, -0.15) is 0 Å². The first-order valence-electron chi connectivity index (χ1n) is 0.289. The zero-order chi connectivity index (χ0) is 2.00. The van der Waals surface area contributed by atoms with Crippen molar-refractivity contribution < 1.29 is 54.1 Å². The second-order valence-electron chi connectivity index (χ2n) is 0. The Balaban J connectivity index is -0.000000000833. The summed E-state index contributed by atoms with van der Waals surface area (Å²) in [6, 6.07) is 0. The van der Waals surface area contributed by atoms with E-state index in [-0.39, 0.29) is 69.2 Å². The van der Waals surface area contributed by atoms with E-state index in [1.165, 1.54) is 0 Å². The van der Waals surface area contributed by atoms with Gasteiger partial charge in [0.15, 0.2) is 0 Å². The van der Waals surface area contributed by atoms with Gasteiger partial charge in [-0.1, -0.05) is 0 Å². The first-order valence-corrected chi connectivity index (χ1v) is 0.866. The summed E-state index contributed by atoms with van der Waals surface area (Å²) >= 11 is 0.611. The summed E-state index contributed by atoms with van der Waals surface area (Å²) < 4.78 is 8.28. The predicted octanol–water partition coefficient (Wildman–Crippen LogP) is -1.42. The number of hydrogen-bond acceptors (Lipinski definition) is 1. The predicted molar refractivity (Wildman–Crippen MR) is 15.0 cm³/mol. The standard InChI is InChI=1S/Al.Co.Li.Mn.Ni.O.2H. The molecule has 0 bridgehead atoms. The molecule has 1 nitrogen and oxygen atoms in total. The Morgan fingerprint density at radius 2 is 1.17 bits per heavy atom. The molecule has 0 aromatic heterocycles. The van der Waals surface area contributed by atoms with Crippen LogP contribution in [0.2, 0.25) is 0 Å². The van der Waals surface area contributed by atoms with Gasteiger partial charge >= 0.3 is 38.9 Å². The maximum atomic E-state index is 8.28. The molecule has 0 atom stereocenters. The van der Waals surface area contributed by atoms with Crippen molar-refractivity contribution in [3.8, 4) is 0 Å². The molecule has 0 N–H and O–H groups in total. The van der Waals surface area contributed by atoms with Gasteiger partial charge in [-0.05, 0) is 0 Å². The fraction of sp³-hybridized carbons (Fsp3) is 0. The zero-order valence-corrected chi connectivity index (χ0v) is 6.77. The molecule has 0 saturated carbocycles. The van der Waals surface area contributed by atoms with Gasteiger partial charge in [-0.25, -0.2) is 0 Å². The van der Waals surface area contributed by atoms with Crippen molar-refractivity contribution in [1.29, 1.82) is 0 Å². The van der Waals surface area contributed by atoms with E-state index < -0.39 is 0 Å². The van der Waals surface area contributed by atoms with Crippen molar-refractivity contribution in [3.63, 3.8) is 0 Å². The molecule has 2 radical (unpaired) electrons. The van der Waals surface area contributed by atoms with Crippen LogP contribution >= 0.6 is 0 Å². The van der Waals surface area contributed by atoms with Crippen molar-refractivity contribution in [1.82, 2.24) is 0 Å². The van der Waals surface area contributed by atoms with Gasteiger partial charge in [0.05, 0.1) is 0 Å². The van der Waals surface area contributed by atoms with Gasteiger partial charge in [0, 0.05) is 50.3 Å². The Bertz CT molecular complexity index is 15.5. The van der Waals surface area contributed by atoms with Gasteiger partial charge in [0.1, 0.15) is 0 Å². The van der Waals surface area contributed by atoms with Gasteiger partial charge in [0.2, 0.25) is 0 Å². The second kappa shape index (κ2) is 51.6. The Labute approximate surface area is 88.2 Å². The zero-order valence-electron chi connectivity index (χ0n) is 2.14. The molecule has 0 spiro atoms. The Kier molecular flexibility index (Phi) is 339. The topological polar surface area (TPSA) is 17.1 Å². The van der Waals surface area contributed by atoms with Crippen LogP contribution in [-0.2, 0) is 54.1 Å². The molecule has 0 rings (SSSR count). The van der Waals surface area contributed by atoms with Gasteiger partial charge in [0.25, 0.3) is 0 Å². The molecular formula is H2AlCoLiMnNiO. The van der Waals surface area contributed by atoms with Crippen LogP contribution in [0.1, 0.15) is 0 Å². The average molecular weight is 225 g/mol. The summed E-state index contributed by atoms with van der Waals surface area (Å²) in [5.41, 5.74) is 0. The van der Waals surface area contributed by atoms with E-state index in [0.717, 1.165) is 0 Å². The summed E-state index contributed by atoms with van der Waals surface area (Å²) in [6.07, 6.45) is 0. The van der Waals surface area contributed by atoms with E-state index in [9.17, 15) is 0 Å². The van der Waals surface area contributed by atoms with E-state index in [1.807, 2.05) is 0 Å². The normalized spacial score (nSPS) is 0.500. The van der Waals surface area contributed by atoms with Crippen molar-refractivity contribution in [2.75, 3.05) is 0 Å². The molecule has 0 heterocycles. The van der Waals surface area contributed by atoms with Crippen molar-refractivity contribution in [2.24, 2.45) is 0 Å². The molecule has 0 aliphatic carbocycles. The molecule has 38 valence electrons. The Hall–Kier alpha value is 2.45. The third-order valence-corrected chi connectivity index (χ3v) is 0. The molecule has 6 heavy (non-hydrogen) atoms. The fourth-order valence-corrected chi connectivity index (χ4v) is 0. The summed E-state index contributed by atoms with van der Waals surface area (Å²) in [5.74, 6) is 0. The van der Waals surface area contributed by atoms with Crippen LogP contribution in [0.3, 0.4) is 0 Å². The summed E-state index contributed by atoms with van der Waals surface area (Å²) in [7, 11) is 0. The molecule has 6 heteroatoms. The molecule has 0 aromatic rings. The van der Waals surface area contributed by atoms with Gasteiger partial charge < -0.3 is 0 Å². The summed E-state index contributed by atoms with van der Waals surface area (Å²) in [6.45, 7) is 0. The van der Waals surface area contributed by atoms with Gasteiger partial charge in [-0.3, -0.25) is 0 Å². The quantitative estimate of drug-likeness (QED) is 0.462. The molecule has 0 aliphatic rings. The van der Waals surface area contributed by atoms with Crippen LogP contribution in [-0.4, -0.2) is 35.1 Å². The molecular weight excluding hydrogens is 222 g/mol. The fourth-order valence-electron chi connectivity index (χ4n) is 0. The number of hydrogen-bond donors (Lipinski definition) is 0. The monoisotopic (exact) mass is 224 g/mol. The summed E-state index contributed by atoms with van der Waals surface area (Å²) in [5, 5.41) is 0. The average Bonchev–Trinajstić information content (AvgIpc) is 1.00. The molecule has 0 aliphatic heterocycles. The minimum absolute atomic E-state index is 0. The first-order chi connectivity index (χ1) is 1.00. The van der Waals surface area contributed by atoms with Crippen LogP contribution in [0.4, 0.5) is 0 Å². The molecule has 0 amide bonds. The van der Waals surface area contributed by atoms with E-state index in [0.29, 0.717) is 16.2 Å². The molecule has 0 fully saturated rings. The SMILES string of the molecule is [Co].[LiH].[Mn].[Ni].[O]=[AlH]. The number of rotatable bonds is 0. The van der Waals surface area contributed by atoms with Crippen molar-refractivity contribution in [2.45, 2.75) is 0 Å². The third kappa shape index (κ3) is 31.9. The Morgan fingerprint density at radius 3 is 1.17 bits per heavy atom. The van der Waals surface area contributed by atoms with E-state index >= 15 is 0 Å². The van der Waals surface area contributed by atoms with Gasteiger partial charge in [-0.15, -0.1) is 0 Å². The Morgan fingerprint density at radius 1 is 1.17 bits per heavy atom. The van der Waals surface area contributed by atoms with Crippen LogP contribution in [0, 0.1) is 0 Å². The summed E-state index contributed by atoms with van der Waals surface area (Å²) in [4.78, 5) is 0. The van der Waals surface area contributed by atoms with E-state index in [2.05, 4.69) is 0 Å². The van der Waals surface area contributed by atoms with Crippen LogP contribution in [0.15, 0.2) is 0 Å². The van der Waals surface area contributed by atoms with Crippen molar-refractivity contribution >= 4 is 35.1 Å². The second-order valence-corrected chi connectivity index (χ2v) is 0. The van der Waals surface area contributed by atoms with E-state index in [4.69, 9.17) is 3.80 Å². The van der Waals surface area contributed by atoms with Crippen LogP contribution < -0.4 is 0 Å². The minimum atomic E-state index is 0. The van der Waals surface area contributed by atoms with Crippen LogP contribution in [0.5, 0.6) is 0 Å². The molecule has 0 unspecified atom stereocenters. The van der Waals surface area contributed by atoms with Crippen molar-refractivity contribution in [3.05, 3.63) is 0 Å². The van der Waals surface area contributed by atoms with Crippen LogP contribution in [0.25, 0.3) is 0 Å². The van der Waals surface area contributed by atoms with E-state index in [1.54, 1.807) is 0 Å². The maximum absolute atomic E-state index is 8.28. The molecule has 0 aromatic carbocycles. The first kappa shape index (κ1) is 39.4.